The zero-order valence-electron chi connectivity index (χ0n) is 13.2. The molecule has 1 heterocycles. The third kappa shape index (κ3) is 4.74. The molecule has 3 rings (SSSR count). The Kier molecular flexibility index (Phi) is 5.57. The highest BCUT2D eigenvalue weighted by molar-refractivity contribution is 7.99. The maximum absolute atomic E-state index is 12.0. The number of thioether (sulfide) groups is 1. The summed E-state index contributed by atoms with van der Waals surface area (Å²) < 4.78 is 10.7. The highest BCUT2D eigenvalue weighted by Gasteiger charge is 2.11. The van der Waals surface area contributed by atoms with Gasteiger partial charge in [-0.15, -0.1) is 10.2 Å². The number of carbonyl (C=O) groups excluding carboxylic acids is 1. The predicted molar refractivity (Wildman–Crippen MR) is 97.1 cm³/mol. The van der Waals surface area contributed by atoms with Crippen molar-refractivity contribution >= 4 is 35.0 Å². The van der Waals surface area contributed by atoms with Crippen molar-refractivity contribution in [3.05, 3.63) is 53.6 Å². The van der Waals surface area contributed by atoms with Crippen LogP contribution in [0.4, 0.5) is 5.69 Å². The zero-order chi connectivity index (χ0) is 17.6. The molecule has 0 aliphatic rings. The number of benzene rings is 2. The van der Waals surface area contributed by atoms with E-state index in [4.69, 9.17) is 20.8 Å². The number of hydrogen-bond acceptors (Lipinski definition) is 6. The number of carbonyl (C=O) groups is 1. The van der Waals surface area contributed by atoms with Crippen molar-refractivity contribution in [2.24, 2.45) is 0 Å². The van der Waals surface area contributed by atoms with Crippen molar-refractivity contribution in [3.8, 4) is 17.2 Å². The number of anilines is 1. The molecule has 3 aromatic rings. The summed E-state index contributed by atoms with van der Waals surface area (Å²) in [7, 11) is 1.57. The van der Waals surface area contributed by atoms with E-state index in [-0.39, 0.29) is 11.7 Å². The Balaban J connectivity index is 1.56. The maximum Gasteiger partial charge on any atom is 0.277 e. The van der Waals surface area contributed by atoms with Gasteiger partial charge in [-0.05, 0) is 36.4 Å². The van der Waals surface area contributed by atoms with Crippen LogP contribution in [0.2, 0.25) is 5.02 Å². The molecule has 0 spiro atoms. The van der Waals surface area contributed by atoms with E-state index in [2.05, 4.69) is 15.5 Å². The van der Waals surface area contributed by atoms with Gasteiger partial charge in [0.05, 0.1) is 12.9 Å². The highest BCUT2D eigenvalue weighted by Crippen LogP contribution is 2.24. The molecule has 0 aliphatic heterocycles. The summed E-state index contributed by atoms with van der Waals surface area (Å²) >= 11 is 7.02. The molecule has 0 aliphatic carbocycles. The van der Waals surface area contributed by atoms with Crippen molar-refractivity contribution < 1.29 is 13.9 Å². The molecule has 2 aromatic carbocycles. The average molecular weight is 376 g/mol. The molecule has 128 valence electrons. The standard InChI is InChI=1S/C17H14ClN3O3S/c1-23-14-4-2-3-13(9-14)19-15(22)10-25-17-21-20-16(24-17)11-5-7-12(18)8-6-11/h2-9H,10H2,1H3,(H,19,22). The Hall–Kier alpha value is -2.51. The summed E-state index contributed by atoms with van der Waals surface area (Å²) in [4.78, 5) is 12.0. The lowest BCUT2D eigenvalue weighted by Gasteiger charge is -2.05. The smallest absolute Gasteiger partial charge is 0.277 e. The number of ether oxygens (including phenoxy) is 1. The van der Waals surface area contributed by atoms with Gasteiger partial charge in [0, 0.05) is 22.3 Å². The molecule has 1 aromatic heterocycles. The predicted octanol–water partition coefficient (Wildman–Crippen LogP) is 4.13. The molecule has 25 heavy (non-hydrogen) atoms. The van der Waals surface area contributed by atoms with Gasteiger partial charge in [-0.2, -0.15) is 0 Å². The molecule has 0 fully saturated rings. The Labute approximate surface area is 153 Å². The van der Waals surface area contributed by atoms with E-state index in [1.807, 2.05) is 0 Å². The second-order valence-electron chi connectivity index (χ2n) is 4.95. The fraction of sp³-hybridized carbons (Fsp3) is 0.118. The first-order valence-electron chi connectivity index (χ1n) is 7.30. The lowest BCUT2D eigenvalue weighted by Crippen LogP contribution is -2.13. The zero-order valence-corrected chi connectivity index (χ0v) is 14.8. The number of nitrogens with zero attached hydrogens (tertiary/aromatic N) is 2. The topological polar surface area (TPSA) is 77.2 Å². The van der Waals surface area contributed by atoms with Gasteiger partial charge < -0.3 is 14.5 Å². The molecule has 1 N–H and O–H groups in total. The number of aromatic nitrogens is 2. The summed E-state index contributed by atoms with van der Waals surface area (Å²) in [5.74, 6) is 1.03. The van der Waals surface area contributed by atoms with Gasteiger partial charge in [-0.3, -0.25) is 4.79 Å². The molecule has 0 atom stereocenters. The van der Waals surface area contributed by atoms with Crippen molar-refractivity contribution in [3.63, 3.8) is 0 Å². The number of amides is 1. The van der Waals surface area contributed by atoms with Crippen molar-refractivity contribution in [2.75, 3.05) is 18.2 Å². The quantitative estimate of drug-likeness (QED) is 0.653. The highest BCUT2D eigenvalue weighted by atomic mass is 35.5. The van der Waals surface area contributed by atoms with Crippen LogP contribution >= 0.6 is 23.4 Å². The fourth-order valence-corrected chi connectivity index (χ4v) is 2.69. The Morgan fingerprint density at radius 1 is 1.24 bits per heavy atom. The molecular weight excluding hydrogens is 362 g/mol. The van der Waals surface area contributed by atoms with Crippen LogP contribution in [0.5, 0.6) is 5.75 Å². The second kappa shape index (κ2) is 8.04. The van der Waals surface area contributed by atoms with E-state index < -0.39 is 0 Å². The number of nitrogens with one attached hydrogen (secondary N) is 1. The van der Waals surface area contributed by atoms with Gasteiger partial charge in [-0.1, -0.05) is 29.4 Å². The van der Waals surface area contributed by atoms with Gasteiger partial charge in [0.15, 0.2) is 0 Å². The SMILES string of the molecule is COc1cccc(NC(=O)CSc2nnc(-c3ccc(Cl)cc3)o2)c1. The van der Waals surface area contributed by atoms with Gasteiger partial charge in [0.25, 0.3) is 5.22 Å². The van der Waals surface area contributed by atoms with Crippen LogP contribution in [0.25, 0.3) is 11.5 Å². The molecule has 0 radical (unpaired) electrons. The van der Waals surface area contributed by atoms with E-state index in [0.29, 0.717) is 27.6 Å². The first kappa shape index (κ1) is 17.3. The molecule has 0 bridgehead atoms. The van der Waals surface area contributed by atoms with Crippen LogP contribution in [-0.2, 0) is 4.79 Å². The Morgan fingerprint density at radius 2 is 2.04 bits per heavy atom. The van der Waals surface area contributed by atoms with E-state index in [1.54, 1.807) is 55.6 Å². The van der Waals surface area contributed by atoms with Crippen LogP contribution in [0.15, 0.2) is 58.2 Å². The van der Waals surface area contributed by atoms with Crippen molar-refractivity contribution in [1.82, 2.24) is 10.2 Å². The largest absolute Gasteiger partial charge is 0.497 e. The third-order valence-corrected chi connectivity index (χ3v) is 4.25. The van der Waals surface area contributed by atoms with Gasteiger partial charge >= 0.3 is 0 Å². The maximum atomic E-state index is 12.0. The minimum atomic E-state index is -0.176. The molecule has 8 heteroatoms. The molecule has 6 nitrogen and oxygen atoms in total. The van der Waals surface area contributed by atoms with Crippen LogP contribution in [0, 0.1) is 0 Å². The van der Waals surface area contributed by atoms with Gasteiger partial charge in [0.1, 0.15) is 5.75 Å². The van der Waals surface area contributed by atoms with E-state index in [1.165, 1.54) is 11.8 Å². The summed E-state index contributed by atoms with van der Waals surface area (Å²) in [6, 6.07) is 14.2. The fourth-order valence-electron chi connectivity index (χ4n) is 2.00. The molecule has 0 unspecified atom stereocenters. The van der Waals surface area contributed by atoms with Crippen molar-refractivity contribution in [1.29, 1.82) is 0 Å². The monoisotopic (exact) mass is 375 g/mol. The minimum Gasteiger partial charge on any atom is -0.497 e. The molecule has 1 amide bonds. The third-order valence-electron chi connectivity index (χ3n) is 3.18. The van der Waals surface area contributed by atoms with Crippen LogP contribution in [0.1, 0.15) is 0 Å². The molecule has 0 saturated carbocycles. The lowest BCUT2D eigenvalue weighted by molar-refractivity contribution is -0.113. The van der Waals surface area contributed by atoms with Gasteiger partial charge in [-0.25, -0.2) is 0 Å². The molecule has 0 saturated heterocycles. The summed E-state index contributed by atoms with van der Waals surface area (Å²) in [5.41, 5.74) is 1.43. The number of halogens is 1. The van der Waals surface area contributed by atoms with E-state index >= 15 is 0 Å². The minimum absolute atomic E-state index is 0.152. The van der Waals surface area contributed by atoms with Crippen LogP contribution in [0.3, 0.4) is 0 Å². The van der Waals surface area contributed by atoms with E-state index in [9.17, 15) is 4.79 Å². The number of methoxy groups -OCH3 is 1. The first-order valence-corrected chi connectivity index (χ1v) is 8.66. The normalized spacial score (nSPS) is 10.5. The number of rotatable bonds is 6. The van der Waals surface area contributed by atoms with Crippen molar-refractivity contribution in [2.45, 2.75) is 5.22 Å². The lowest BCUT2D eigenvalue weighted by atomic mass is 10.2. The summed E-state index contributed by atoms with van der Waals surface area (Å²) in [6.07, 6.45) is 0. The Morgan fingerprint density at radius 3 is 2.80 bits per heavy atom. The Bertz CT molecular complexity index is 868. The second-order valence-corrected chi connectivity index (χ2v) is 6.31. The van der Waals surface area contributed by atoms with E-state index in [0.717, 1.165) is 5.56 Å². The number of hydrogen-bond donors (Lipinski definition) is 1. The molecular formula is C17H14ClN3O3S. The summed E-state index contributed by atoms with van der Waals surface area (Å²) in [5, 5.41) is 11.7. The van der Waals surface area contributed by atoms with Crippen LogP contribution < -0.4 is 10.1 Å². The van der Waals surface area contributed by atoms with Gasteiger partial charge in [0.2, 0.25) is 11.8 Å². The average Bonchev–Trinajstić information content (AvgIpc) is 3.10. The van der Waals surface area contributed by atoms with Crippen LogP contribution in [-0.4, -0.2) is 29.0 Å². The summed E-state index contributed by atoms with van der Waals surface area (Å²) in [6.45, 7) is 0. The first-order chi connectivity index (χ1) is 12.1.